The van der Waals surface area contributed by atoms with Gasteiger partial charge in [0.05, 0.1) is 22.4 Å². The number of thioether (sulfide) groups is 1. The van der Waals surface area contributed by atoms with Crippen LogP contribution < -0.4 is 0 Å². The Kier molecular flexibility index (Phi) is 5.16. The van der Waals surface area contributed by atoms with Crippen LogP contribution in [0.2, 0.25) is 0 Å². The maximum Gasteiger partial charge on any atom is 0.276 e. The maximum atomic E-state index is 5.82. The van der Waals surface area contributed by atoms with Gasteiger partial charge in [-0.05, 0) is 30.5 Å². The molecule has 0 bridgehead atoms. The van der Waals surface area contributed by atoms with Crippen LogP contribution in [-0.4, -0.2) is 20.2 Å². The fourth-order valence-corrected chi connectivity index (χ4v) is 3.72. The molecule has 4 aromatic rings. The Hall–Kier alpha value is -2.73. The molecule has 0 saturated heterocycles. The highest BCUT2D eigenvalue weighted by molar-refractivity contribution is 7.98. The van der Waals surface area contributed by atoms with E-state index in [1.807, 2.05) is 49.4 Å². The molecule has 0 saturated carbocycles. The van der Waals surface area contributed by atoms with Gasteiger partial charge in [0.2, 0.25) is 5.89 Å². The lowest BCUT2D eigenvalue weighted by molar-refractivity contribution is 0.404. The van der Waals surface area contributed by atoms with E-state index in [9.17, 15) is 0 Å². The van der Waals surface area contributed by atoms with Crippen LogP contribution in [0.25, 0.3) is 11.0 Å². The minimum atomic E-state index is 0.332. The molecule has 2 aromatic heterocycles. The molecule has 2 aromatic carbocycles. The van der Waals surface area contributed by atoms with E-state index in [0.29, 0.717) is 22.8 Å². The Morgan fingerprint density at radius 2 is 1.63 bits per heavy atom. The van der Waals surface area contributed by atoms with Crippen molar-refractivity contribution in [1.82, 2.24) is 20.2 Å². The molecule has 0 aliphatic heterocycles. The van der Waals surface area contributed by atoms with E-state index in [2.05, 4.69) is 34.2 Å². The molecule has 0 radical (unpaired) electrons. The highest BCUT2D eigenvalue weighted by Gasteiger charge is 2.14. The first-order valence-corrected chi connectivity index (χ1v) is 9.90. The summed E-state index contributed by atoms with van der Waals surface area (Å²) >= 11 is 1.50. The Morgan fingerprint density at radius 1 is 0.926 bits per heavy atom. The Morgan fingerprint density at radius 3 is 2.41 bits per heavy atom. The fraction of sp³-hybridized carbons (Fsp3) is 0.238. The number of fused-ring (bicyclic) bond motifs is 1. The minimum Gasteiger partial charge on any atom is -0.416 e. The summed E-state index contributed by atoms with van der Waals surface area (Å²) in [5.41, 5.74) is 4.96. The summed E-state index contributed by atoms with van der Waals surface area (Å²) in [6, 6.07) is 18.3. The summed E-state index contributed by atoms with van der Waals surface area (Å²) in [4.78, 5) is 9.34. The second-order valence-electron chi connectivity index (χ2n) is 6.51. The predicted octanol–water partition coefficient (Wildman–Crippen LogP) is 4.96. The van der Waals surface area contributed by atoms with E-state index in [0.717, 1.165) is 28.8 Å². The van der Waals surface area contributed by atoms with Crippen molar-refractivity contribution in [1.29, 1.82) is 0 Å². The molecular formula is C21H20N4OS. The molecule has 1 unspecified atom stereocenters. The lowest BCUT2D eigenvalue weighted by Crippen LogP contribution is -1.98. The quantitative estimate of drug-likeness (QED) is 0.443. The van der Waals surface area contributed by atoms with Crippen LogP contribution >= 0.6 is 11.8 Å². The number of rotatable bonds is 6. The van der Waals surface area contributed by atoms with Crippen molar-refractivity contribution in [2.45, 2.75) is 37.2 Å². The van der Waals surface area contributed by atoms with E-state index >= 15 is 0 Å². The lowest BCUT2D eigenvalue weighted by atomic mass is 9.98. The van der Waals surface area contributed by atoms with Crippen LogP contribution in [0, 0.1) is 6.92 Å². The molecule has 0 spiro atoms. The zero-order valence-corrected chi connectivity index (χ0v) is 16.1. The van der Waals surface area contributed by atoms with Gasteiger partial charge in [-0.3, -0.25) is 0 Å². The Balaban J connectivity index is 1.42. The van der Waals surface area contributed by atoms with Crippen LogP contribution in [0.3, 0.4) is 0 Å². The molecule has 0 aliphatic carbocycles. The van der Waals surface area contributed by atoms with Gasteiger partial charge in [0, 0.05) is 12.2 Å². The second-order valence-corrected chi connectivity index (χ2v) is 7.44. The highest BCUT2D eigenvalue weighted by Crippen LogP contribution is 2.25. The fourth-order valence-electron chi connectivity index (χ4n) is 2.93. The van der Waals surface area contributed by atoms with Gasteiger partial charge in [-0.15, -0.1) is 10.2 Å². The lowest BCUT2D eigenvalue weighted by Gasteiger charge is -2.08. The topological polar surface area (TPSA) is 64.7 Å². The zero-order chi connectivity index (χ0) is 18.6. The summed E-state index contributed by atoms with van der Waals surface area (Å²) in [6.45, 7) is 4.15. The van der Waals surface area contributed by atoms with Crippen molar-refractivity contribution in [3.05, 3.63) is 77.4 Å². The van der Waals surface area contributed by atoms with Gasteiger partial charge in [-0.2, -0.15) is 0 Å². The van der Waals surface area contributed by atoms with Crippen molar-refractivity contribution < 1.29 is 4.42 Å². The summed E-state index contributed by atoms with van der Waals surface area (Å²) in [5.74, 6) is 1.65. The van der Waals surface area contributed by atoms with E-state index in [1.54, 1.807) is 0 Å². The maximum absolute atomic E-state index is 5.82. The third-order valence-corrected chi connectivity index (χ3v) is 5.30. The first kappa shape index (κ1) is 17.7. The molecule has 0 N–H and O–H groups in total. The van der Waals surface area contributed by atoms with E-state index in [4.69, 9.17) is 9.40 Å². The highest BCUT2D eigenvalue weighted by atomic mass is 32.2. The number of hydrogen-bond acceptors (Lipinski definition) is 6. The summed E-state index contributed by atoms with van der Waals surface area (Å²) < 4.78 is 5.82. The average Bonchev–Trinajstić information content (AvgIpc) is 3.14. The molecule has 6 heteroatoms. The van der Waals surface area contributed by atoms with Crippen LogP contribution in [-0.2, 0) is 12.2 Å². The van der Waals surface area contributed by atoms with Gasteiger partial charge in [-0.25, -0.2) is 9.97 Å². The number of nitrogens with zero attached hydrogens (tertiary/aromatic N) is 4. The van der Waals surface area contributed by atoms with Crippen molar-refractivity contribution in [3.63, 3.8) is 0 Å². The molecule has 0 fully saturated rings. The number of para-hydroxylation sites is 2. The van der Waals surface area contributed by atoms with Crippen molar-refractivity contribution in [3.8, 4) is 0 Å². The number of aromatic nitrogens is 4. The van der Waals surface area contributed by atoms with E-state index in [-0.39, 0.29) is 0 Å². The molecule has 136 valence electrons. The largest absolute Gasteiger partial charge is 0.416 e. The first-order valence-electron chi connectivity index (χ1n) is 8.91. The summed E-state index contributed by atoms with van der Waals surface area (Å²) in [7, 11) is 0. The summed E-state index contributed by atoms with van der Waals surface area (Å²) in [5, 5.41) is 8.93. The Bertz CT molecular complexity index is 1050. The summed E-state index contributed by atoms with van der Waals surface area (Å²) in [6.07, 6.45) is 0.729. The van der Waals surface area contributed by atoms with Crippen molar-refractivity contribution in [2.24, 2.45) is 0 Å². The number of benzene rings is 2. The molecule has 2 heterocycles. The van der Waals surface area contributed by atoms with E-state index in [1.165, 1.54) is 17.3 Å². The van der Waals surface area contributed by atoms with Crippen LogP contribution in [0.5, 0.6) is 0 Å². The first-order chi connectivity index (χ1) is 13.2. The van der Waals surface area contributed by atoms with Gasteiger partial charge in [-0.1, -0.05) is 61.2 Å². The molecule has 0 amide bonds. The molecule has 0 aliphatic rings. The normalized spacial score (nSPS) is 12.4. The second kappa shape index (κ2) is 7.88. The average molecular weight is 376 g/mol. The molecule has 27 heavy (non-hydrogen) atoms. The van der Waals surface area contributed by atoms with Crippen molar-refractivity contribution >= 4 is 22.8 Å². The molecule has 5 nitrogen and oxygen atoms in total. The van der Waals surface area contributed by atoms with Gasteiger partial charge < -0.3 is 4.42 Å². The number of aryl methyl sites for hydroxylation is 1. The molecular weight excluding hydrogens is 356 g/mol. The molecule has 1 atom stereocenters. The van der Waals surface area contributed by atoms with Gasteiger partial charge in [0.15, 0.2) is 0 Å². The SMILES string of the molecule is Cc1nc2ccccc2nc1CSc1nnc(CC(C)c2ccccc2)o1. The standard InChI is InChI=1S/C21H20N4OS/c1-14(16-8-4-3-5-9-16)12-20-24-25-21(26-20)27-13-19-15(2)22-17-10-6-7-11-18(17)23-19/h3-11,14H,12-13H2,1-2H3. The zero-order valence-electron chi connectivity index (χ0n) is 15.3. The van der Waals surface area contributed by atoms with Gasteiger partial charge >= 0.3 is 0 Å². The van der Waals surface area contributed by atoms with Crippen LogP contribution in [0.1, 0.15) is 35.7 Å². The Labute approximate surface area is 162 Å². The predicted molar refractivity (Wildman–Crippen MR) is 107 cm³/mol. The molecule has 4 rings (SSSR count). The number of hydrogen-bond donors (Lipinski definition) is 0. The smallest absolute Gasteiger partial charge is 0.276 e. The van der Waals surface area contributed by atoms with E-state index < -0.39 is 0 Å². The van der Waals surface area contributed by atoms with Crippen LogP contribution in [0.4, 0.5) is 0 Å². The van der Waals surface area contributed by atoms with Crippen LogP contribution in [0.15, 0.2) is 64.2 Å². The van der Waals surface area contributed by atoms with Gasteiger partial charge in [0.25, 0.3) is 5.22 Å². The van der Waals surface area contributed by atoms with Crippen molar-refractivity contribution in [2.75, 3.05) is 0 Å². The minimum absolute atomic E-state index is 0.332. The third kappa shape index (κ3) is 4.17. The third-order valence-electron chi connectivity index (χ3n) is 4.47. The van der Waals surface area contributed by atoms with Gasteiger partial charge in [0.1, 0.15) is 0 Å². The monoisotopic (exact) mass is 376 g/mol.